The minimum atomic E-state index is -1.07. The molecule has 2 aromatic carbocycles. The van der Waals surface area contributed by atoms with E-state index in [2.05, 4.69) is 12.2 Å². The summed E-state index contributed by atoms with van der Waals surface area (Å²) in [6, 6.07) is 10.7. The summed E-state index contributed by atoms with van der Waals surface area (Å²) < 4.78 is 31.4. The number of hydrogen-bond donors (Lipinski definition) is 1. The summed E-state index contributed by atoms with van der Waals surface area (Å²) in [6.45, 7) is 4.47. The quantitative estimate of drug-likeness (QED) is 0.335. The molecule has 234 valence electrons. The number of likely N-dealkylation sites (N-methyl/N-ethyl adjacent to an activating group) is 1. The Morgan fingerprint density at radius 2 is 1.81 bits per heavy atom. The van der Waals surface area contributed by atoms with Crippen LogP contribution in [0.5, 0.6) is 17.2 Å². The van der Waals surface area contributed by atoms with E-state index in [9.17, 15) is 14.0 Å². The van der Waals surface area contributed by atoms with Crippen molar-refractivity contribution in [2.24, 2.45) is 5.92 Å². The molecule has 0 aromatic heterocycles. The lowest BCUT2D eigenvalue weighted by atomic mass is 10.0. The molecule has 2 heterocycles. The molecule has 2 saturated heterocycles. The highest BCUT2D eigenvalue weighted by Gasteiger charge is 2.34. The molecule has 1 aliphatic carbocycles. The van der Waals surface area contributed by atoms with E-state index in [0.717, 1.165) is 35.6 Å². The summed E-state index contributed by atoms with van der Waals surface area (Å²) in [6.07, 6.45) is 4.73. The Kier molecular flexibility index (Phi) is 9.95. The van der Waals surface area contributed by atoms with E-state index < -0.39 is 12.2 Å². The molecule has 0 bridgehead atoms. The zero-order chi connectivity index (χ0) is 30.5. The first kappa shape index (κ1) is 30.9. The fraction of sp³-hybridized carbons (Fsp3) is 0.576. The number of carbonyl (C=O) groups is 2. The number of likely N-dealkylation sites (tertiary alicyclic amines) is 1. The normalized spacial score (nSPS) is 22.5. The van der Waals surface area contributed by atoms with Crippen molar-refractivity contribution in [2.75, 3.05) is 52.4 Å². The van der Waals surface area contributed by atoms with Gasteiger partial charge in [0.2, 0.25) is 5.91 Å². The van der Waals surface area contributed by atoms with Gasteiger partial charge in [-0.25, -0.2) is 9.18 Å². The molecule has 43 heavy (non-hydrogen) atoms. The Labute approximate surface area is 254 Å². The van der Waals surface area contributed by atoms with Crippen molar-refractivity contribution >= 4 is 17.6 Å². The zero-order valence-corrected chi connectivity index (χ0v) is 25.8. The third-order valence-corrected chi connectivity index (χ3v) is 8.78. The van der Waals surface area contributed by atoms with E-state index >= 15 is 0 Å². The van der Waals surface area contributed by atoms with E-state index in [1.54, 1.807) is 19.1 Å². The number of nitrogens with one attached hydrogen (secondary N) is 1. The Morgan fingerprint density at radius 3 is 2.51 bits per heavy atom. The second kappa shape index (κ2) is 13.8. The highest BCUT2D eigenvalue weighted by molar-refractivity contribution is 5.93. The van der Waals surface area contributed by atoms with E-state index in [1.807, 2.05) is 53.2 Å². The third kappa shape index (κ3) is 7.71. The lowest BCUT2D eigenvalue weighted by Gasteiger charge is -2.40. The van der Waals surface area contributed by atoms with E-state index in [4.69, 9.17) is 14.2 Å². The molecule has 3 fully saturated rings. The number of alkyl halides is 1. The van der Waals surface area contributed by atoms with Gasteiger partial charge < -0.3 is 29.3 Å². The maximum atomic E-state index is 14.1. The summed E-state index contributed by atoms with van der Waals surface area (Å²) in [4.78, 5) is 32.0. The number of halogens is 1. The molecule has 0 spiro atoms. The smallest absolute Gasteiger partial charge is 0.325 e. The monoisotopic (exact) mass is 596 g/mol. The van der Waals surface area contributed by atoms with Gasteiger partial charge in [0.15, 0.2) is 11.5 Å². The van der Waals surface area contributed by atoms with Gasteiger partial charge in [0, 0.05) is 43.0 Å². The molecule has 0 unspecified atom stereocenters. The molecule has 2 aromatic rings. The highest BCUT2D eigenvalue weighted by atomic mass is 19.1. The van der Waals surface area contributed by atoms with Gasteiger partial charge in [-0.15, -0.1) is 0 Å². The van der Waals surface area contributed by atoms with Crippen molar-refractivity contribution in [1.82, 2.24) is 15.1 Å². The van der Waals surface area contributed by atoms with Crippen LogP contribution < -0.4 is 24.4 Å². The lowest BCUT2D eigenvalue weighted by Crippen LogP contribution is -2.53. The number of methoxy groups -OCH3 is 2. The number of anilines is 1. The molecular formula is C33H45FN4O5. The van der Waals surface area contributed by atoms with Crippen molar-refractivity contribution < 1.29 is 28.2 Å². The maximum Gasteiger partial charge on any atom is 0.325 e. The van der Waals surface area contributed by atoms with Gasteiger partial charge in [-0.3, -0.25) is 9.69 Å². The van der Waals surface area contributed by atoms with Crippen LogP contribution in [0.1, 0.15) is 50.2 Å². The molecule has 9 nitrogen and oxygen atoms in total. The van der Waals surface area contributed by atoms with Gasteiger partial charge in [0.05, 0.1) is 39.8 Å². The Hall–Kier alpha value is -3.53. The maximum absolute atomic E-state index is 14.1. The van der Waals surface area contributed by atoms with Gasteiger partial charge in [0.1, 0.15) is 11.9 Å². The molecule has 3 aliphatic rings. The van der Waals surface area contributed by atoms with Gasteiger partial charge >= 0.3 is 6.03 Å². The second-order valence-electron chi connectivity index (χ2n) is 12.2. The predicted octanol–water partition coefficient (Wildman–Crippen LogP) is 4.80. The summed E-state index contributed by atoms with van der Waals surface area (Å²) >= 11 is 0. The summed E-state index contributed by atoms with van der Waals surface area (Å²) in [5, 5.41) is 2.82. The number of hydrogen-bond acceptors (Lipinski definition) is 6. The van der Waals surface area contributed by atoms with Crippen molar-refractivity contribution in [3.05, 3.63) is 47.5 Å². The number of amides is 3. The number of urea groups is 1. The molecule has 10 heteroatoms. The largest absolute Gasteiger partial charge is 0.496 e. The SMILES string of the molecule is COc1cc(CC(=O)N[C@H]2CN(C)C[C@H]2F)ccc1CN1C(=O)N(c2ccc(OC)c(OCCCC3CC3)c2)CC[C@@H]1C. The first-order valence-corrected chi connectivity index (χ1v) is 15.4. The van der Waals surface area contributed by atoms with Gasteiger partial charge in [-0.05, 0) is 62.9 Å². The van der Waals surface area contributed by atoms with Crippen LogP contribution in [0.15, 0.2) is 36.4 Å². The molecule has 3 atom stereocenters. The fourth-order valence-electron chi connectivity index (χ4n) is 6.02. The van der Waals surface area contributed by atoms with Crippen molar-refractivity contribution in [2.45, 2.75) is 70.2 Å². The van der Waals surface area contributed by atoms with Crippen LogP contribution in [-0.2, 0) is 17.8 Å². The number of benzene rings is 2. The van der Waals surface area contributed by atoms with Crippen molar-refractivity contribution in [3.63, 3.8) is 0 Å². The predicted molar refractivity (Wildman–Crippen MR) is 164 cm³/mol. The van der Waals surface area contributed by atoms with Crippen LogP contribution in [0, 0.1) is 5.92 Å². The number of rotatable bonds is 13. The van der Waals surface area contributed by atoms with E-state index in [-0.39, 0.29) is 24.4 Å². The Balaban J connectivity index is 1.24. The topological polar surface area (TPSA) is 83.6 Å². The Morgan fingerprint density at radius 1 is 1.02 bits per heavy atom. The zero-order valence-electron chi connectivity index (χ0n) is 25.8. The van der Waals surface area contributed by atoms with Crippen LogP contribution in [0.3, 0.4) is 0 Å². The lowest BCUT2D eigenvalue weighted by molar-refractivity contribution is -0.121. The first-order valence-electron chi connectivity index (χ1n) is 15.4. The van der Waals surface area contributed by atoms with Crippen molar-refractivity contribution in [3.8, 4) is 17.2 Å². The van der Waals surface area contributed by atoms with Gasteiger partial charge in [-0.2, -0.15) is 0 Å². The third-order valence-electron chi connectivity index (χ3n) is 8.78. The van der Waals surface area contributed by atoms with Gasteiger partial charge in [0.25, 0.3) is 0 Å². The van der Waals surface area contributed by atoms with Crippen LogP contribution >= 0.6 is 0 Å². The molecule has 1 N–H and O–H groups in total. The van der Waals surface area contributed by atoms with Gasteiger partial charge in [-0.1, -0.05) is 25.0 Å². The minimum absolute atomic E-state index is 0.0356. The molecule has 3 amide bonds. The molecule has 5 rings (SSSR count). The fourth-order valence-corrected chi connectivity index (χ4v) is 6.02. The molecular weight excluding hydrogens is 551 g/mol. The molecule has 2 aliphatic heterocycles. The summed E-state index contributed by atoms with van der Waals surface area (Å²) in [5.74, 6) is 2.55. The average molecular weight is 597 g/mol. The summed E-state index contributed by atoms with van der Waals surface area (Å²) in [7, 11) is 5.05. The number of nitrogens with zero attached hydrogens (tertiary/aromatic N) is 3. The van der Waals surface area contributed by atoms with E-state index in [1.165, 1.54) is 19.3 Å². The molecule has 0 radical (unpaired) electrons. The van der Waals surface area contributed by atoms with Crippen molar-refractivity contribution in [1.29, 1.82) is 0 Å². The number of ether oxygens (including phenoxy) is 3. The van der Waals surface area contributed by atoms with Crippen LogP contribution in [0.25, 0.3) is 0 Å². The van der Waals surface area contributed by atoms with Crippen LogP contribution in [0.4, 0.5) is 14.9 Å². The molecule has 1 saturated carbocycles. The highest BCUT2D eigenvalue weighted by Crippen LogP contribution is 2.36. The van der Waals surface area contributed by atoms with Crippen LogP contribution in [-0.4, -0.2) is 87.5 Å². The van der Waals surface area contributed by atoms with E-state index in [0.29, 0.717) is 50.0 Å². The first-order chi connectivity index (χ1) is 20.7. The standard InChI is InChI=1S/C33H45FN4O5/c1-22-13-14-37(26-11-12-29(41-3)31(18-26)43-15-5-6-23-7-8-23)33(40)38(22)19-25-10-9-24(16-30(25)42-4)17-32(39)35-28-21-36(2)20-27(28)34/h9-12,16,18,22-23,27-28H,5-8,13-15,17,19-21H2,1-4H3,(H,35,39)/t22-,27+,28-/m0/s1. The number of carbonyl (C=O) groups excluding carboxylic acids is 2. The Bertz CT molecular complexity index is 1290. The average Bonchev–Trinajstić information content (AvgIpc) is 3.76. The second-order valence-corrected chi connectivity index (χ2v) is 12.2. The summed E-state index contributed by atoms with van der Waals surface area (Å²) in [5.41, 5.74) is 2.39. The van der Waals surface area contributed by atoms with Crippen LogP contribution in [0.2, 0.25) is 0 Å². The minimum Gasteiger partial charge on any atom is -0.496 e.